The van der Waals surface area contributed by atoms with Crippen molar-refractivity contribution in [2.45, 2.75) is 45.4 Å². The van der Waals surface area contributed by atoms with E-state index in [1.165, 1.54) is 0 Å². The number of hydrogen-bond acceptors (Lipinski definition) is 5. The first-order valence-corrected chi connectivity index (χ1v) is 9.77. The van der Waals surface area contributed by atoms with Crippen LogP contribution in [0.25, 0.3) is 0 Å². The van der Waals surface area contributed by atoms with Gasteiger partial charge in [0.15, 0.2) is 6.61 Å². The summed E-state index contributed by atoms with van der Waals surface area (Å²) in [6.45, 7) is 3.27. The minimum absolute atomic E-state index is 0.290. The number of fused-ring (bicyclic) bond motifs is 1. The largest absolute Gasteiger partial charge is 0.454 e. The molecule has 2 aliphatic rings. The molecule has 2 unspecified atom stereocenters. The standard InChI is InChI=1S/C21H26N2O5/c1-13(2)14-7-9-15(10-8-14)22-18(24)12-28-19(25)11-23-20(26)16-5-3-4-6-17(16)21(23)27/h7-10,13,16-17H,3-6,11-12H2,1-2H3,(H,22,24). The molecule has 0 bridgehead atoms. The van der Waals surface area contributed by atoms with Crippen LogP contribution in [-0.4, -0.2) is 41.7 Å². The van der Waals surface area contributed by atoms with E-state index < -0.39 is 25.0 Å². The van der Waals surface area contributed by atoms with Crippen molar-refractivity contribution in [3.05, 3.63) is 29.8 Å². The highest BCUT2D eigenvalue weighted by molar-refractivity contribution is 6.07. The molecule has 150 valence electrons. The lowest BCUT2D eigenvalue weighted by molar-refractivity contribution is -0.154. The second-order valence-corrected chi connectivity index (χ2v) is 7.75. The predicted octanol–water partition coefficient (Wildman–Crippen LogP) is 2.47. The second-order valence-electron chi connectivity index (χ2n) is 7.75. The van der Waals surface area contributed by atoms with Crippen molar-refractivity contribution in [2.75, 3.05) is 18.5 Å². The molecule has 0 aromatic heterocycles. The van der Waals surface area contributed by atoms with Crippen molar-refractivity contribution < 1.29 is 23.9 Å². The first kappa shape index (κ1) is 20.0. The van der Waals surface area contributed by atoms with Crippen LogP contribution in [0.15, 0.2) is 24.3 Å². The number of carbonyl (C=O) groups excluding carboxylic acids is 4. The zero-order valence-corrected chi connectivity index (χ0v) is 16.3. The minimum atomic E-state index is -0.759. The quantitative estimate of drug-likeness (QED) is 0.599. The lowest BCUT2D eigenvalue weighted by atomic mass is 9.81. The van der Waals surface area contributed by atoms with Gasteiger partial charge in [0.2, 0.25) is 11.8 Å². The Balaban J connectivity index is 1.47. The molecule has 1 saturated carbocycles. The molecular weight excluding hydrogens is 360 g/mol. The summed E-state index contributed by atoms with van der Waals surface area (Å²) in [5.74, 6) is -2.02. The van der Waals surface area contributed by atoms with E-state index in [0.29, 0.717) is 24.4 Å². The van der Waals surface area contributed by atoms with Crippen LogP contribution in [0.5, 0.6) is 0 Å². The van der Waals surface area contributed by atoms with Gasteiger partial charge >= 0.3 is 5.97 Å². The number of nitrogens with one attached hydrogen (secondary N) is 1. The summed E-state index contributed by atoms with van der Waals surface area (Å²) >= 11 is 0. The number of hydrogen-bond donors (Lipinski definition) is 1. The molecule has 28 heavy (non-hydrogen) atoms. The van der Waals surface area contributed by atoms with Crippen molar-refractivity contribution in [3.63, 3.8) is 0 Å². The molecule has 1 aliphatic heterocycles. The van der Waals surface area contributed by atoms with Crippen molar-refractivity contribution >= 4 is 29.4 Å². The lowest BCUT2D eigenvalue weighted by Gasteiger charge is -2.19. The number of esters is 1. The van der Waals surface area contributed by atoms with Crippen LogP contribution in [0, 0.1) is 11.8 Å². The van der Waals surface area contributed by atoms with Gasteiger partial charge < -0.3 is 10.1 Å². The molecule has 2 fully saturated rings. The number of benzene rings is 1. The van der Waals surface area contributed by atoms with Crippen molar-refractivity contribution in [3.8, 4) is 0 Å². The summed E-state index contributed by atoms with van der Waals surface area (Å²) in [6, 6.07) is 7.43. The molecular formula is C21H26N2O5. The van der Waals surface area contributed by atoms with E-state index in [1.54, 1.807) is 12.1 Å². The van der Waals surface area contributed by atoms with E-state index in [4.69, 9.17) is 4.74 Å². The summed E-state index contributed by atoms with van der Waals surface area (Å²) < 4.78 is 4.95. The Morgan fingerprint density at radius 1 is 1.07 bits per heavy atom. The molecule has 1 N–H and O–H groups in total. The average molecular weight is 386 g/mol. The van der Waals surface area contributed by atoms with Crippen LogP contribution in [0.3, 0.4) is 0 Å². The van der Waals surface area contributed by atoms with Crippen LogP contribution in [0.4, 0.5) is 5.69 Å². The molecule has 1 aromatic rings. The third-order valence-electron chi connectivity index (χ3n) is 5.44. The normalized spacial score (nSPS) is 21.6. The van der Waals surface area contributed by atoms with Crippen LogP contribution >= 0.6 is 0 Å². The molecule has 7 heteroatoms. The Bertz CT molecular complexity index is 748. The highest BCUT2D eigenvalue weighted by atomic mass is 16.5. The number of nitrogens with zero attached hydrogens (tertiary/aromatic N) is 1. The van der Waals surface area contributed by atoms with Gasteiger partial charge in [-0.05, 0) is 36.5 Å². The number of ether oxygens (including phenoxy) is 1. The monoisotopic (exact) mass is 386 g/mol. The van der Waals surface area contributed by atoms with Crippen LogP contribution in [-0.2, 0) is 23.9 Å². The lowest BCUT2D eigenvalue weighted by Crippen LogP contribution is -2.37. The number of imide groups is 1. The number of carbonyl (C=O) groups is 4. The molecule has 1 aromatic carbocycles. The SMILES string of the molecule is CC(C)c1ccc(NC(=O)COC(=O)CN2C(=O)C3CCCCC3C2=O)cc1. The Hall–Kier alpha value is -2.70. The minimum Gasteiger partial charge on any atom is -0.454 e. The van der Waals surface area contributed by atoms with Gasteiger partial charge in [0.25, 0.3) is 5.91 Å². The van der Waals surface area contributed by atoms with Gasteiger partial charge in [-0.15, -0.1) is 0 Å². The van der Waals surface area contributed by atoms with Gasteiger partial charge in [0.05, 0.1) is 11.8 Å². The zero-order valence-electron chi connectivity index (χ0n) is 16.3. The fourth-order valence-electron chi connectivity index (χ4n) is 3.86. The van der Waals surface area contributed by atoms with E-state index in [9.17, 15) is 19.2 Å². The van der Waals surface area contributed by atoms with Crippen LogP contribution < -0.4 is 5.32 Å². The summed E-state index contributed by atoms with van der Waals surface area (Å²) in [5.41, 5.74) is 1.77. The van der Waals surface area contributed by atoms with E-state index in [-0.39, 0.29) is 23.7 Å². The predicted molar refractivity (Wildman–Crippen MR) is 102 cm³/mol. The fraction of sp³-hybridized carbons (Fsp3) is 0.524. The van der Waals surface area contributed by atoms with Gasteiger partial charge in [0.1, 0.15) is 6.54 Å². The molecule has 0 radical (unpaired) electrons. The molecule has 1 heterocycles. The third-order valence-corrected chi connectivity index (χ3v) is 5.44. The Labute approximate surface area is 164 Å². The van der Waals surface area contributed by atoms with Crippen molar-refractivity contribution in [1.82, 2.24) is 4.90 Å². The zero-order chi connectivity index (χ0) is 20.3. The van der Waals surface area contributed by atoms with Gasteiger partial charge in [-0.2, -0.15) is 0 Å². The number of rotatable bonds is 6. The Morgan fingerprint density at radius 2 is 1.64 bits per heavy atom. The smallest absolute Gasteiger partial charge is 0.326 e. The first-order valence-electron chi connectivity index (χ1n) is 9.77. The molecule has 1 aliphatic carbocycles. The van der Waals surface area contributed by atoms with Gasteiger partial charge in [-0.25, -0.2) is 0 Å². The van der Waals surface area contributed by atoms with E-state index in [2.05, 4.69) is 19.2 Å². The number of amides is 3. The van der Waals surface area contributed by atoms with Gasteiger partial charge in [-0.3, -0.25) is 24.1 Å². The Kier molecular flexibility index (Phi) is 6.11. The van der Waals surface area contributed by atoms with E-state index in [0.717, 1.165) is 23.3 Å². The Morgan fingerprint density at radius 3 is 2.18 bits per heavy atom. The van der Waals surface area contributed by atoms with Crippen molar-refractivity contribution in [2.24, 2.45) is 11.8 Å². The summed E-state index contributed by atoms with van der Waals surface area (Å²) in [5, 5.41) is 2.65. The van der Waals surface area contributed by atoms with Crippen LogP contribution in [0.1, 0.15) is 51.0 Å². The summed E-state index contributed by atoms with van der Waals surface area (Å²) in [6.07, 6.45) is 3.24. The highest BCUT2D eigenvalue weighted by Gasteiger charge is 2.48. The van der Waals surface area contributed by atoms with Crippen molar-refractivity contribution in [1.29, 1.82) is 0 Å². The van der Waals surface area contributed by atoms with E-state index >= 15 is 0 Å². The maximum Gasteiger partial charge on any atom is 0.326 e. The number of anilines is 1. The third kappa shape index (κ3) is 4.40. The maximum absolute atomic E-state index is 12.4. The first-order chi connectivity index (χ1) is 13.4. The van der Waals surface area contributed by atoms with Gasteiger partial charge in [0, 0.05) is 5.69 Å². The van der Waals surface area contributed by atoms with E-state index in [1.807, 2.05) is 12.1 Å². The molecule has 0 spiro atoms. The second kappa shape index (κ2) is 8.54. The van der Waals surface area contributed by atoms with Gasteiger partial charge in [-0.1, -0.05) is 38.8 Å². The molecule has 3 rings (SSSR count). The fourth-order valence-corrected chi connectivity index (χ4v) is 3.86. The highest BCUT2D eigenvalue weighted by Crippen LogP contribution is 2.37. The molecule has 2 atom stereocenters. The number of likely N-dealkylation sites (tertiary alicyclic amines) is 1. The van der Waals surface area contributed by atoms with Crippen LogP contribution in [0.2, 0.25) is 0 Å². The molecule has 3 amide bonds. The maximum atomic E-state index is 12.4. The topological polar surface area (TPSA) is 92.8 Å². The summed E-state index contributed by atoms with van der Waals surface area (Å²) in [7, 11) is 0. The average Bonchev–Trinajstić information content (AvgIpc) is 2.92. The molecule has 7 nitrogen and oxygen atoms in total. The molecule has 1 saturated heterocycles. The summed E-state index contributed by atoms with van der Waals surface area (Å²) in [4.78, 5) is 49.7.